The van der Waals surface area contributed by atoms with Crippen molar-refractivity contribution < 1.29 is 9.50 Å². The molecule has 130 valence electrons. The van der Waals surface area contributed by atoms with Crippen LogP contribution in [-0.4, -0.2) is 5.11 Å². The topological polar surface area (TPSA) is 32.3 Å². The van der Waals surface area contributed by atoms with Gasteiger partial charge in [0.05, 0.1) is 0 Å². The van der Waals surface area contributed by atoms with Gasteiger partial charge in [-0.15, -0.1) is 0 Å². The number of rotatable bonds is 3. The van der Waals surface area contributed by atoms with Gasteiger partial charge < -0.3 is 10.4 Å². The van der Waals surface area contributed by atoms with Gasteiger partial charge in [-0.1, -0.05) is 53.7 Å². The molecular formula is C21H28FNO. The average molecular weight is 329 g/mol. The minimum absolute atomic E-state index is 0.155. The van der Waals surface area contributed by atoms with E-state index in [1.54, 1.807) is 12.1 Å². The number of benzene rings is 2. The summed E-state index contributed by atoms with van der Waals surface area (Å²) in [5, 5.41) is 14.1. The molecule has 24 heavy (non-hydrogen) atoms. The van der Waals surface area contributed by atoms with Crippen molar-refractivity contribution in [2.75, 3.05) is 5.32 Å². The van der Waals surface area contributed by atoms with E-state index in [0.29, 0.717) is 12.3 Å². The molecule has 2 N–H and O–H groups in total. The van der Waals surface area contributed by atoms with Gasteiger partial charge in [0.15, 0.2) is 0 Å². The maximum Gasteiger partial charge on any atom is 0.123 e. The lowest BCUT2D eigenvalue weighted by Gasteiger charge is -2.28. The van der Waals surface area contributed by atoms with Crippen LogP contribution in [0, 0.1) is 5.82 Å². The second-order valence-corrected chi connectivity index (χ2v) is 8.40. The van der Waals surface area contributed by atoms with Gasteiger partial charge >= 0.3 is 0 Å². The van der Waals surface area contributed by atoms with Crippen molar-refractivity contribution in [3.63, 3.8) is 0 Å². The lowest BCUT2D eigenvalue weighted by atomic mass is 9.79. The van der Waals surface area contributed by atoms with Crippen LogP contribution in [0.25, 0.3) is 0 Å². The zero-order valence-electron chi connectivity index (χ0n) is 15.5. The molecule has 0 saturated heterocycles. The summed E-state index contributed by atoms with van der Waals surface area (Å²) in [5.41, 5.74) is 3.52. The molecule has 0 saturated carbocycles. The van der Waals surface area contributed by atoms with Crippen LogP contribution in [0.15, 0.2) is 36.4 Å². The number of hydrogen-bond donors (Lipinski definition) is 2. The molecule has 2 rings (SSSR count). The summed E-state index contributed by atoms with van der Waals surface area (Å²) < 4.78 is 13.0. The fourth-order valence-corrected chi connectivity index (χ4v) is 2.69. The van der Waals surface area contributed by atoms with E-state index in [2.05, 4.69) is 46.9 Å². The molecule has 2 aromatic rings. The van der Waals surface area contributed by atoms with Crippen LogP contribution >= 0.6 is 0 Å². The second kappa shape index (κ2) is 6.46. The Morgan fingerprint density at radius 3 is 1.75 bits per heavy atom. The number of aromatic hydroxyl groups is 1. The summed E-state index contributed by atoms with van der Waals surface area (Å²) >= 11 is 0. The molecule has 0 aliphatic rings. The summed E-state index contributed by atoms with van der Waals surface area (Å²) in [6.07, 6.45) is 0. The smallest absolute Gasteiger partial charge is 0.123 e. The van der Waals surface area contributed by atoms with Crippen LogP contribution in [-0.2, 0) is 17.4 Å². The van der Waals surface area contributed by atoms with Crippen molar-refractivity contribution in [2.45, 2.75) is 58.9 Å². The Kier molecular flexibility index (Phi) is 4.93. The first-order valence-electron chi connectivity index (χ1n) is 8.35. The van der Waals surface area contributed by atoms with Gasteiger partial charge in [-0.25, -0.2) is 4.39 Å². The van der Waals surface area contributed by atoms with Crippen molar-refractivity contribution in [2.24, 2.45) is 0 Å². The van der Waals surface area contributed by atoms with E-state index in [4.69, 9.17) is 0 Å². The van der Waals surface area contributed by atoms with Crippen LogP contribution in [0.4, 0.5) is 10.1 Å². The molecule has 0 unspecified atom stereocenters. The number of hydrogen-bond acceptors (Lipinski definition) is 2. The Labute approximate surface area is 144 Å². The number of anilines is 1. The van der Waals surface area contributed by atoms with Crippen LogP contribution in [0.1, 0.15) is 58.2 Å². The molecule has 2 aromatic carbocycles. The normalized spacial score (nSPS) is 12.3. The second-order valence-electron chi connectivity index (χ2n) is 8.40. The molecule has 0 atom stereocenters. The molecule has 0 amide bonds. The average Bonchev–Trinajstić information content (AvgIpc) is 2.45. The highest BCUT2D eigenvalue weighted by Crippen LogP contribution is 2.41. The summed E-state index contributed by atoms with van der Waals surface area (Å²) in [6.45, 7) is 13.2. The molecule has 0 bridgehead atoms. The van der Waals surface area contributed by atoms with E-state index in [-0.39, 0.29) is 16.6 Å². The monoisotopic (exact) mass is 329 g/mol. The third-order valence-electron chi connectivity index (χ3n) is 4.14. The zero-order chi connectivity index (χ0) is 18.1. The summed E-state index contributed by atoms with van der Waals surface area (Å²) in [4.78, 5) is 0. The van der Waals surface area contributed by atoms with E-state index < -0.39 is 0 Å². The first-order chi connectivity index (χ1) is 11.0. The lowest BCUT2D eigenvalue weighted by Crippen LogP contribution is -2.18. The van der Waals surface area contributed by atoms with Crippen molar-refractivity contribution in [3.05, 3.63) is 58.9 Å². The van der Waals surface area contributed by atoms with Gasteiger partial charge in [-0.3, -0.25) is 0 Å². The molecule has 2 nitrogen and oxygen atoms in total. The number of nitrogens with one attached hydrogen (secondary N) is 1. The molecule has 0 aliphatic heterocycles. The lowest BCUT2D eigenvalue weighted by molar-refractivity contribution is 0.423. The molecule has 0 radical (unpaired) electrons. The third kappa shape index (κ3) is 4.28. The van der Waals surface area contributed by atoms with Crippen LogP contribution in [0.3, 0.4) is 0 Å². The van der Waals surface area contributed by atoms with Crippen molar-refractivity contribution in [1.82, 2.24) is 0 Å². The van der Waals surface area contributed by atoms with Gasteiger partial charge in [0.2, 0.25) is 0 Å². The highest BCUT2D eigenvalue weighted by Gasteiger charge is 2.26. The Morgan fingerprint density at radius 1 is 0.875 bits per heavy atom. The summed E-state index contributed by atoms with van der Waals surface area (Å²) in [6, 6.07) is 10.5. The van der Waals surface area contributed by atoms with E-state index in [9.17, 15) is 9.50 Å². The van der Waals surface area contributed by atoms with E-state index in [0.717, 1.165) is 22.4 Å². The van der Waals surface area contributed by atoms with Gasteiger partial charge in [0.1, 0.15) is 11.6 Å². The van der Waals surface area contributed by atoms with E-state index in [1.165, 1.54) is 12.1 Å². The predicted octanol–water partition coefficient (Wildman–Crippen LogP) is 5.74. The van der Waals surface area contributed by atoms with Crippen molar-refractivity contribution >= 4 is 5.69 Å². The SMILES string of the molecule is CC(C)(C)c1cc(NCc2ccc(F)cc2)cc(C(C)(C)C)c1O. The minimum Gasteiger partial charge on any atom is -0.507 e. The Morgan fingerprint density at radius 2 is 1.33 bits per heavy atom. The molecule has 0 aromatic heterocycles. The third-order valence-corrected chi connectivity index (χ3v) is 4.14. The number of phenols is 1. The zero-order valence-corrected chi connectivity index (χ0v) is 15.5. The summed E-state index contributed by atoms with van der Waals surface area (Å²) in [7, 11) is 0. The Balaban J connectivity index is 2.37. The quantitative estimate of drug-likeness (QED) is 0.704. The highest BCUT2D eigenvalue weighted by molar-refractivity contribution is 5.59. The Hall–Kier alpha value is -2.03. The Bertz CT molecular complexity index is 671. The molecule has 0 aliphatic carbocycles. The van der Waals surface area contributed by atoms with Crippen molar-refractivity contribution in [1.29, 1.82) is 0 Å². The molecule has 0 fully saturated rings. The first-order valence-corrected chi connectivity index (χ1v) is 8.35. The number of halogens is 1. The fourth-order valence-electron chi connectivity index (χ4n) is 2.69. The van der Waals surface area contributed by atoms with Crippen LogP contribution < -0.4 is 5.32 Å². The number of phenolic OH excluding ortho intramolecular Hbond substituents is 1. The molecule has 3 heteroatoms. The van der Waals surface area contributed by atoms with Gasteiger partial charge in [-0.05, 0) is 40.7 Å². The van der Waals surface area contributed by atoms with Crippen LogP contribution in [0.5, 0.6) is 5.75 Å². The molecule has 0 heterocycles. The minimum atomic E-state index is -0.228. The van der Waals surface area contributed by atoms with E-state index in [1.807, 2.05) is 12.1 Å². The van der Waals surface area contributed by atoms with Crippen molar-refractivity contribution in [3.8, 4) is 5.75 Å². The largest absolute Gasteiger partial charge is 0.507 e. The van der Waals surface area contributed by atoms with Gasteiger partial charge in [0.25, 0.3) is 0 Å². The standard InChI is InChI=1S/C21H28FNO/c1-20(2,3)17-11-16(12-18(19(17)24)21(4,5)6)23-13-14-7-9-15(22)10-8-14/h7-12,23-24H,13H2,1-6H3. The molecular weight excluding hydrogens is 301 g/mol. The summed E-state index contributed by atoms with van der Waals surface area (Å²) in [5.74, 6) is 0.149. The van der Waals surface area contributed by atoms with Gasteiger partial charge in [0, 0.05) is 23.4 Å². The maximum absolute atomic E-state index is 13.0. The predicted molar refractivity (Wildman–Crippen MR) is 99.2 cm³/mol. The van der Waals surface area contributed by atoms with E-state index >= 15 is 0 Å². The maximum atomic E-state index is 13.0. The van der Waals surface area contributed by atoms with Gasteiger partial charge in [-0.2, -0.15) is 0 Å². The van der Waals surface area contributed by atoms with Crippen LogP contribution in [0.2, 0.25) is 0 Å². The highest BCUT2D eigenvalue weighted by atomic mass is 19.1. The molecule has 0 spiro atoms. The fraction of sp³-hybridized carbons (Fsp3) is 0.429. The first kappa shape index (κ1) is 18.3.